The monoisotopic (exact) mass is 519 g/mol. The number of halogens is 2. The highest BCUT2D eigenvalue weighted by atomic mass is 35.5. The zero-order valence-corrected chi connectivity index (χ0v) is 20.6. The average Bonchev–Trinajstić information content (AvgIpc) is 3.30. The summed E-state index contributed by atoms with van der Waals surface area (Å²) in [6.07, 6.45) is 3.08. The van der Waals surface area contributed by atoms with Crippen LogP contribution in [0.5, 0.6) is 11.5 Å². The van der Waals surface area contributed by atoms with Gasteiger partial charge < -0.3 is 13.9 Å². The lowest BCUT2D eigenvalue weighted by Gasteiger charge is -2.13. The third kappa shape index (κ3) is 4.46. The van der Waals surface area contributed by atoms with E-state index in [0.717, 1.165) is 5.39 Å². The van der Waals surface area contributed by atoms with Gasteiger partial charge in [0.2, 0.25) is 5.82 Å². The van der Waals surface area contributed by atoms with Crippen LogP contribution in [0.25, 0.3) is 33.5 Å². The Morgan fingerprint density at radius 2 is 1.94 bits per heavy atom. The highest BCUT2D eigenvalue weighted by Crippen LogP contribution is 2.34. The zero-order valence-electron chi connectivity index (χ0n) is 19.1. The first-order chi connectivity index (χ1) is 17.5. The maximum atomic E-state index is 13.5. The molecule has 2 aromatic heterocycles. The first-order valence-corrected chi connectivity index (χ1v) is 11.6. The van der Waals surface area contributed by atoms with Crippen LogP contribution in [0.15, 0.2) is 87.6 Å². The van der Waals surface area contributed by atoms with Crippen LogP contribution in [-0.2, 0) is 0 Å². The van der Waals surface area contributed by atoms with Crippen LogP contribution >= 0.6 is 23.2 Å². The molecule has 0 N–H and O–H groups in total. The second kappa shape index (κ2) is 9.89. The Hall–Kier alpha value is -4.07. The van der Waals surface area contributed by atoms with Crippen molar-refractivity contribution in [3.8, 4) is 23.1 Å². The largest absolute Gasteiger partial charge is 0.493 e. The summed E-state index contributed by atoms with van der Waals surface area (Å²) in [6.45, 7) is 3.92. The quantitative estimate of drug-likeness (QED) is 0.179. The summed E-state index contributed by atoms with van der Waals surface area (Å²) in [7, 11) is 1.51. The van der Waals surface area contributed by atoms with Crippen molar-refractivity contribution >= 4 is 51.3 Å². The minimum absolute atomic E-state index is 0.227. The lowest BCUT2D eigenvalue weighted by molar-refractivity contribution is 0.326. The number of nitrogens with zero attached hydrogens (tertiary/aromatic N) is 3. The van der Waals surface area contributed by atoms with Gasteiger partial charge in [0, 0.05) is 27.1 Å². The molecule has 0 saturated carbocycles. The predicted molar refractivity (Wildman–Crippen MR) is 143 cm³/mol. The van der Waals surface area contributed by atoms with Gasteiger partial charge in [0.15, 0.2) is 17.3 Å². The number of furan rings is 1. The number of hydrogen-bond acceptors (Lipinski definition) is 6. The summed E-state index contributed by atoms with van der Waals surface area (Å²) in [5, 5.41) is 6.65. The molecular weight excluding hydrogens is 501 g/mol. The molecule has 0 atom stereocenters. The van der Waals surface area contributed by atoms with E-state index in [1.807, 2.05) is 6.07 Å². The van der Waals surface area contributed by atoms with E-state index in [4.69, 9.17) is 37.1 Å². The van der Waals surface area contributed by atoms with E-state index in [1.54, 1.807) is 60.7 Å². The standard InChI is InChI=1S/C27H19Cl2N3O4/c1-3-10-35-25-17(12-19(29)14-23(25)34-2)15-30-32-26(31-21-7-5-4-6-20(21)27(32)33)24-13-16-11-18(28)8-9-22(16)36-24/h3-9,11-15H,1,10H2,2H3. The third-order valence-electron chi connectivity index (χ3n) is 5.38. The van der Waals surface area contributed by atoms with Crippen LogP contribution in [0.3, 0.4) is 0 Å². The topological polar surface area (TPSA) is 78.9 Å². The van der Waals surface area contributed by atoms with Crippen LogP contribution in [0.2, 0.25) is 10.0 Å². The minimum Gasteiger partial charge on any atom is -0.493 e. The van der Waals surface area contributed by atoms with Crippen molar-refractivity contribution in [1.29, 1.82) is 0 Å². The van der Waals surface area contributed by atoms with Crippen molar-refractivity contribution in [3.05, 3.63) is 99.3 Å². The first-order valence-electron chi connectivity index (χ1n) is 10.9. The van der Waals surface area contributed by atoms with E-state index in [2.05, 4.69) is 16.7 Å². The smallest absolute Gasteiger partial charge is 0.282 e. The Kier molecular flexibility index (Phi) is 6.50. The molecule has 0 unspecified atom stereocenters. The van der Waals surface area contributed by atoms with E-state index in [1.165, 1.54) is 18.0 Å². The molecule has 9 heteroatoms. The lowest BCUT2D eigenvalue weighted by Crippen LogP contribution is -2.20. The number of fused-ring (bicyclic) bond motifs is 2. The van der Waals surface area contributed by atoms with Gasteiger partial charge in [-0.15, -0.1) is 0 Å². The summed E-state index contributed by atoms with van der Waals surface area (Å²) < 4.78 is 18.4. The highest BCUT2D eigenvalue weighted by molar-refractivity contribution is 6.31. The summed E-state index contributed by atoms with van der Waals surface area (Å²) in [6, 6.07) is 17.4. The number of ether oxygens (including phenoxy) is 2. The van der Waals surface area contributed by atoms with E-state index < -0.39 is 0 Å². The fourth-order valence-corrected chi connectivity index (χ4v) is 4.16. The fourth-order valence-electron chi connectivity index (χ4n) is 3.77. The molecule has 36 heavy (non-hydrogen) atoms. The van der Waals surface area contributed by atoms with Gasteiger partial charge in [-0.1, -0.05) is 48.0 Å². The Morgan fingerprint density at radius 3 is 2.75 bits per heavy atom. The van der Waals surface area contributed by atoms with E-state index in [-0.39, 0.29) is 18.0 Å². The van der Waals surface area contributed by atoms with E-state index >= 15 is 0 Å². The van der Waals surface area contributed by atoms with Gasteiger partial charge in [-0.25, -0.2) is 4.98 Å². The van der Waals surface area contributed by atoms with E-state index in [0.29, 0.717) is 49.4 Å². The maximum Gasteiger partial charge on any atom is 0.282 e. The van der Waals surface area contributed by atoms with Crippen molar-refractivity contribution in [3.63, 3.8) is 0 Å². The molecule has 0 aliphatic heterocycles. The van der Waals surface area contributed by atoms with Crippen molar-refractivity contribution in [2.45, 2.75) is 0 Å². The van der Waals surface area contributed by atoms with Crippen molar-refractivity contribution in [2.24, 2.45) is 5.10 Å². The molecular formula is C27H19Cl2N3O4. The number of aromatic nitrogens is 2. The molecule has 0 saturated heterocycles. The second-order valence-electron chi connectivity index (χ2n) is 7.73. The number of methoxy groups -OCH3 is 1. The van der Waals surface area contributed by atoms with Gasteiger partial charge >= 0.3 is 0 Å². The van der Waals surface area contributed by atoms with Crippen LogP contribution in [0.1, 0.15) is 5.56 Å². The van der Waals surface area contributed by atoms with Crippen LogP contribution < -0.4 is 15.0 Å². The van der Waals surface area contributed by atoms with Crippen LogP contribution in [0, 0.1) is 0 Å². The normalized spacial score (nSPS) is 11.4. The van der Waals surface area contributed by atoms with Gasteiger partial charge in [0.1, 0.15) is 12.2 Å². The summed E-state index contributed by atoms with van der Waals surface area (Å²) in [4.78, 5) is 18.2. The lowest BCUT2D eigenvalue weighted by atomic mass is 10.2. The molecule has 0 amide bonds. The Balaban J connectivity index is 1.72. The number of rotatable bonds is 7. The van der Waals surface area contributed by atoms with Crippen molar-refractivity contribution in [2.75, 3.05) is 13.7 Å². The molecule has 0 aliphatic carbocycles. The molecule has 2 heterocycles. The first kappa shape index (κ1) is 23.7. The highest BCUT2D eigenvalue weighted by Gasteiger charge is 2.17. The molecule has 7 nitrogen and oxygen atoms in total. The Morgan fingerprint density at radius 1 is 1.11 bits per heavy atom. The van der Waals surface area contributed by atoms with Gasteiger partial charge in [-0.2, -0.15) is 9.78 Å². The van der Waals surface area contributed by atoms with Crippen molar-refractivity contribution in [1.82, 2.24) is 9.66 Å². The van der Waals surface area contributed by atoms with Gasteiger partial charge in [0.25, 0.3) is 5.56 Å². The van der Waals surface area contributed by atoms with Gasteiger partial charge in [-0.05, 0) is 42.5 Å². The number of para-hydroxylation sites is 1. The van der Waals surface area contributed by atoms with Crippen LogP contribution in [-0.4, -0.2) is 29.6 Å². The van der Waals surface area contributed by atoms with Crippen molar-refractivity contribution < 1.29 is 13.9 Å². The van der Waals surface area contributed by atoms with E-state index in [9.17, 15) is 4.79 Å². The molecule has 3 aromatic carbocycles. The molecule has 0 spiro atoms. The van der Waals surface area contributed by atoms with Gasteiger partial charge in [-0.3, -0.25) is 4.79 Å². The second-order valence-corrected chi connectivity index (χ2v) is 8.61. The minimum atomic E-state index is -0.368. The molecule has 0 radical (unpaired) electrons. The Labute approximate surface area is 215 Å². The number of hydrogen-bond donors (Lipinski definition) is 0. The van der Waals surface area contributed by atoms with Crippen LogP contribution in [0.4, 0.5) is 0 Å². The maximum absolute atomic E-state index is 13.5. The fraction of sp³-hybridized carbons (Fsp3) is 0.0741. The SMILES string of the molecule is C=CCOc1c(C=Nn2c(-c3cc4cc(Cl)ccc4o3)nc3ccccc3c2=O)cc(Cl)cc1OC. The third-order valence-corrected chi connectivity index (χ3v) is 5.83. The molecule has 0 fully saturated rings. The summed E-state index contributed by atoms with van der Waals surface area (Å²) in [5.74, 6) is 1.42. The van der Waals surface area contributed by atoms with Gasteiger partial charge in [0.05, 0.1) is 24.2 Å². The molecule has 5 aromatic rings. The predicted octanol–water partition coefficient (Wildman–Crippen LogP) is 6.57. The molecule has 5 rings (SSSR count). The Bertz CT molecular complexity index is 1710. The summed E-state index contributed by atoms with van der Waals surface area (Å²) >= 11 is 12.4. The molecule has 0 bridgehead atoms. The zero-order chi connectivity index (χ0) is 25.2. The summed E-state index contributed by atoms with van der Waals surface area (Å²) in [5.41, 5.74) is 1.25. The number of benzene rings is 3. The molecule has 180 valence electrons. The molecule has 0 aliphatic rings. The average molecular weight is 520 g/mol.